The number of hydrogen-bond donors (Lipinski definition) is 0. The van der Waals surface area contributed by atoms with Gasteiger partial charge in [0.15, 0.2) is 0 Å². The van der Waals surface area contributed by atoms with E-state index in [1.165, 1.54) is 9.13 Å². The lowest BCUT2D eigenvalue weighted by atomic mass is 10.1. The molecule has 2 aromatic rings. The van der Waals surface area contributed by atoms with Gasteiger partial charge in [0.1, 0.15) is 0 Å². The van der Waals surface area contributed by atoms with Crippen LogP contribution in [0.1, 0.15) is 18.1 Å². The fraction of sp³-hybridized carbons (Fsp3) is 0.286. The molecule has 0 unspecified atom stereocenters. The highest BCUT2D eigenvalue weighted by Crippen LogP contribution is 2.13. The molecule has 0 fully saturated rings. The fourth-order valence-corrected chi connectivity index (χ4v) is 2.02. The lowest BCUT2D eigenvalue weighted by Crippen LogP contribution is -2.39. The maximum Gasteiger partial charge on any atom is 0.320 e. The van der Waals surface area contributed by atoms with Gasteiger partial charge in [0.2, 0.25) is 0 Å². The molecule has 1 heterocycles. The quantitative estimate of drug-likeness (QED) is 0.754. The number of hydrogen-bond acceptors (Lipinski definition) is 2. The van der Waals surface area contributed by atoms with Crippen LogP contribution in [0.25, 0.3) is 5.69 Å². The second kappa shape index (κ2) is 4.64. The first-order chi connectivity index (χ1) is 8.54. The minimum Gasteiger partial charge on any atom is -0.310 e. The van der Waals surface area contributed by atoms with Crippen molar-refractivity contribution in [3.63, 3.8) is 0 Å². The first-order valence-electron chi connectivity index (χ1n) is 5.94. The van der Waals surface area contributed by atoms with Gasteiger partial charge in [0.25, 0.3) is 0 Å². The summed E-state index contributed by atoms with van der Waals surface area (Å²) in [5.41, 5.74) is 1.87. The molecule has 0 atom stereocenters. The molecule has 0 amide bonds. The van der Waals surface area contributed by atoms with E-state index in [0.29, 0.717) is 6.54 Å². The van der Waals surface area contributed by atoms with E-state index in [2.05, 4.69) is 0 Å². The molecule has 2 rings (SSSR count). The predicted octanol–water partition coefficient (Wildman–Crippen LogP) is 1.64. The second-order valence-corrected chi connectivity index (χ2v) is 4.35. The van der Waals surface area contributed by atoms with E-state index in [4.69, 9.17) is 0 Å². The molecule has 1 aromatic carbocycles. The Morgan fingerprint density at radius 2 is 1.78 bits per heavy atom. The van der Waals surface area contributed by atoms with Gasteiger partial charge in [0.05, 0.1) is 5.69 Å². The molecular formula is C14H16N2O2. The maximum absolute atomic E-state index is 12.0. The normalized spacial score (nSPS) is 10.6. The van der Waals surface area contributed by atoms with E-state index in [0.717, 1.165) is 16.8 Å². The Kier molecular flexibility index (Phi) is 3.19. The molecule has 4 heteroatoms. The summed E-state index contributed by atoms with van der Waals surface area (Å²) in [7, 11) is 0. The topological polar surface area (TPSA) is 44.0 Å². The zero-order chi connectivity index (χ0) is 13.3. The standard InChI is InChI=1S/C14H16N2O2/c1-4-15-7-8-16(14(18)13(15)17)12-6-5-10(2)9-11(12)3/h5-9H,4H2,1-3H3. The lowest BCUT2D eigenvalue weighted by Gasteiger charge is -2.10. The molecule has 0 radical (unpaired) electrons. The van der Waals surface area contributed by atoms with Crippen LogP contribution in [0.15, 0.2) is 40.2 Å². The van der Waals surface area contributed by atoms with Crippen molar-refractivity contribution in [2.45, 2.75) is 27.3 Å². The molecule has 0 saturated carbocycles. The molecule has 4 nitrogen and oxygen atoms in total. The van der Waals surface area contributed by atoms with Gasteiger partial charge in [-0.1, -0.05) is 17.7 Å². The van der Waals surface area contributed by atoms with Gasteiger partial charge in [0, 0.05) is 18.9 Å². The molecule has 0 N–H and O–H groups in total. The van der Waals surface area contributed by atoms with Crippen LogP contribution >= 0.6 is 0 Å². The minimum absolute atomic E-state index is 0.486. The smallest absolute Gasteiger partial charge is 0.310 e. The molecular weight excluding hydrogens is 228 g/mol. The van der Waals surface area contributed by atoms with E-state index in [9.17, 15) is 9.59 Å². The van der Waals surface area contributed by atoms with Gasteiger partial charge in [-0.05, 0) is 32.4 Å². The van der Waals surface area contributed by atoms with Crippen LogP contribution in [0.5, 0.6) is 0 Å². The summed E-state index contributed by atoms with van der Waals surface area (Å²) in [5.74, 6) is 0. The van der Waals surface area contributed by atoms with Crippen molar-refractivity contribution >= 4 is 0 Å². The highest BCUT2D eigenvalue weighted by Gasteiger charge is 2.07. The number of aryl methyl sites for hydroxylation is 3. The summed E-state index contributed by atoms with van der Waals surface area (Å²) in [6, 6.07) is 5.79. The van der Waals surface area contributed by atoms with Crippen molar-refractivity contribution in [1.82, 2.24) is 9.13 Å². The third-order valence-electron chi connectivity index (χ3n) is 3.01. The molecule has 0 aliphatic rings. The SMILES string of the molecule is CCn1ccn(-c2ccc(C)cc2C)c(=O)c1=O. The monoisotopic (exact) mass is 244 g/mol. The van der Waals surface area contributed by atoms with Gasteiger partial charge in [-0.3, -0.25) is 14.2 Å². The van der Waals surface area contributed by atoms with Crippen LogP contribution in [0.3, 0.4) is 0 Å². The summed E-state index contributed by atoms with van der Waals surface area (Å²) in [4.78, 5) is 23.8. The Labute approximate surface area is 105 Å². The van der Waals surface area contributed by atoms with Crippen LogP contribution < -0.4 is 11.1 Å². The third-order valence-corrected chi connectivity index (χ3v) is 3.01. The van der Waals surface area contributed by atoms with E-state index >= 15 is 0 Å². The van der Waals surface area contributed by atoms with Gasteiger partial charge in [-0.15, -0.1) is 0 Å². The Balaban J connectivity index is 2.69. The van der Waals surface area contributed by atoms with Crippen molar-refractivity contribution in [3.8, 4) is 5.69 Å². The van der Waals surface area contributed by atoms with Crippen LogP contribution in [0, 0.1) is 13.8 Å². The molecule has 94 valence electrons. The lowest BCUT2D eigenvalue weighted by molar-refractivity contribution is 0.692. The average molecular weight is 244 g/mol. The summed E-state index contributed by atoms with van der Waals surface area (Å²) in [5, 5.41) is 0. The largest absolute Gasteiger partial charge is 0.320 e. The summed E-state index contributed by atoms with van der Waals surface area (Å²) >= 11 is 0. The van der Waals surface area contributed by atoms with Crippen LogP contribution in [-0.4, -0.2) is 9.13 Å². The van der Waals surface area contributed by atoms with Gasteiger partial charge < -0.3 is 4.57 Å². The van der Waals surface area contributed by atoms with Gasteiger partial charge in [-0.25, -0.2) is 0 Å². The summed E-state index contributed by atoms with van der Waals surface area (Å²) in [6.07, 6.45) is 3.29. The van der Waals surface area contributed by atoms with Crippen molar-refractivity contribution in [1.29, 1.82) is 0 Å². The van der Waals surface area contributed by atoms with Crippen LogP contribution in [0.2, 0.25) is 0 Å². The highest BCUT2D eigenvalue weighted by atomic mass is 16.2. The first kappa shape index (κ1) is 12.4. The number of nitrogens with zero attached hydrogens (tertiary/aromatic N) is 2. The van der Waals surface area contributed by atoms with Crippen molar-refractivity contribution in [2.24, 2.45) is 0 Å². The second-order valence-electron chi connectivity index (χ2n) is 4.35. The average Bonchev–Trinajstić information content (AvgIpc) is 2.34. The Morgan fingerprint density at radius 1 is 1.06 bits per heavy atom. The molecule has 1 aromatic heterocycles. The van der Waals surface area contributed by atoms with E-state index in [1.54, 1.807) is 12.4 Å². The zero-order valence-electron chi connectivity index (χ0n) is 10.8. The summed E-state index contributed by atoms with van der Waals surface area (Å²) in [6.45, 7) is 6.26. The van der Waals surface area contributed by atoms with Crippen molar-refractivity contribution in [3.05, 3.63) is 62.4 Å². The minimum atomic E-state index is -0.508. The van der Waals surface area contributed by atoms with Gasteiger partial charge >= 0.3 is 11.1 Å². The van der Waals surface area contributed by atoms with E-state index in [-0.39, 0.29) is 0 Å². The van der Waals surface area contributed by atoms with E-state index < -0.39 is 11.1 Å². The Bertz CT molecular complexity index is 696. The number of benzene rings is 1. The van der Waals surface area contributed by atoms with Crippen molar-refractivity contribution in [2.75, 3.05) is 0 Å². The molecule has 0 spiro atoms. The fourth-order valence-electron chi connectivity index (χ4n) is 2.02. The molecule has 0 aliphatic carbocycles. The molecule has 0 saturated heterocycles. The van der Waals surface area contributed by atoms with Gasteiger partial charge in [-0.2, -0.15) is 0 Å². The first-order valence-corrected chi connectivity index (χ1v) is 5.94. The molecule has 18 heavy (non-hydrogen) atoms. The summed E-state index contributed by atoms with van der Waals surface area (Å²) < 4.78 is 2.81. The highest BCUT2D eigenvalue weighted by molar-refractivity contribution is 5.42. The van der Waals surface area contributed by atoms with Crippen LogP contribution in [0.4, 0.5) is 0 Å². The molecule has 0 bridgehead atoms. The third kappa shape index (κ3) is 2.01. The van der Waals surface area contributed by atoms with Crippen molar-refractivity contribution < 1.29 is 0 Å². The Hall–Kier alpha value is -2.10. The number of aromatic nitrogens is 2. The number of rotatable bonds is 2. The molecule has 0 aliphatic heterocycles. The van der Waals surface area contributed by atoms with E-state index in [1.807, 2.05) is 39.0 Å². The Morgan fingerprint density at radius 3 is 2.39 bits per heavy atom. The van der Waals surface area contributed by atoms with Crippen LogP contribution in [-0.2, 0) is 6.54 Å². The zero-order valence-corrected chi connectivity index (χ0v) is 10.8. The maximum atomic E-state index is 12.0. The predicted molar refractivity (Wildman–Crippen MR) is 71.4 cm³/mol.